The number of ketones is 1. The maximum absolute atomic E-state index is 12.5. The SMILES string of the molecule is CC1(C)C(=O)C[C@@H](CO[Si](C)(C)C(C)(C)C)O[C@@H]1CCCCl. The van der Waals surface area contributed by atoms with Crippen molar-refractivity contribution in [1.29, 1.82) is 0 Å². The van der Waals surface area contributed by atoms with Crippen LogP contribution in [-0.4, -0.2) is 38.8 Å². The molecule has 0 bridgehead atoms. The molecule has 130 valence electrons. The first-order valence-electron chi connectivity index (χ1n) is 8.30. The van der Waals surface area contributed by atoms with Crippen molar-refractivity contribution in [3.8, 4) is 0 Å². The van der Waals surface area contributed by atoms with Gasteiger partial charge in [-0.25, -0.2) is 0 Å². The Morgan fingerprint density at radius 1 is 1.36 bits per heavy atom. The van der Waals surface area contributed by atoms with E-state index in [1.165, 1.54) is 0 Å². The second-order valence-electron chi connectivity index (χ2n) is 8.50. The number of hydrogen-bond acceptors (Lipinski definition) is 3. The van der Waals surface area contributed by atoms with Crippen LogP contribution in [0.1, 0.15) is 53.9 Å². The van der Waals surface area contributed by atoms with Gasteiger partial charge in [-0.3, -0.25) is 4.79 Å². The van der Waals surface area contributed by atoms with Crippen molar-refractivity contribution in [2.45, 2.75) is 84.2 Å². The van der Waals surface area contributed by atoms with E-state index >= 15 is 0 Å². The molecule has 0 unspecified atom stereocenters. The Hall–Kier alpha value is 0.0969. The number of hydrogen-bond donors (Lipinski definition) is 0. The highest BCUT2D eigenvalue weighted by atomic mass is 35.5. The van der Waals surface area contributed by atoms with E-state index in [2.05, 4.69) is 33.9 Å². The highest BCUT2D eigenvalue weighted by Crippen LogP contribution is 2.39. The van der Waals surface area contributed by atoms with Crippen LogP contribution in [0.5, 0.6) is 0 Å². The lowest BCUT2D eigenvalue weighted by molar-refractivity contribution is -0.163. The van der Waals surface area contributed by atoms with E-state index in [-0.39, 0.29) is 23.0 Å². The van der Waals surface area contributed by atoms with Crippen molar-refractivity contribution in [1.82, 2.24) is 0 Å². The summed E-state index contributed by atoms with van der Waals surface area (Å²) in [7, 11) is -1.81. The highest BCUT2D eigenvalue weighted by molar-refractivity contribution is 6.74. The number of alkyl halides is 1. The lowest BCUT2D eigenvalue weighted by Gasteiger charge is -2.43. The van der Waals surface area contributed by atoms with Gasteiger partial charge in [-0.1, -0.05) is 34.6 Å². The minimum Gasteiger partial charge on any atom is -0.414 e. The molecule has 1 rings (SSSR count). The molecule has 0 amide bonds. The predicted octanol–water partition coefficient (Wildman–Crippen LogP) is 4.78. The van der Waals surface area contributed by atoms with Gasteiger partial charge in [-0.15, -0.1) is 11.6 Å². The van der Waals surface area contributed by atoms with Crippen LogP contribution in [-0.2, 0) is 14.0 Å². The first-order valence-corrected chi connectivity index (χ1v) is 11.7. The Bertz CT molecular complexity index is 388. The standard InChI is InChI=1S/C17H33ClO3Si/c1-16(2,3)22(6,7)20-12-13-11-14(19)17(4,5)15(21-13)9-8-10-18/h13,15H,8-12H2,1-7H3/t13-,15+/m0/s1. The van der Waals surface area contributed by atoms with Crippen LogP contribution in [0.2, 0.25) is 18.1 Å². The van der Waals surface area contributed by atoms with Crippen LogP contribution < -0.4 is 0 Å². The first kappa shape index (κ1) is 20.1. The summed E-state index contributed by atoms with van der Waals surface area (Å²) in [4.78, 5) is 12.5. The molecule has 0 aliphatic carbocycles. The molecule has 1 heterocycles. The molecule has 0 aromatic heterocycles. The van der Waals surface area contributed by atoms with Crippen molar-refractivity contribution < 1.29 is 14.0 Å². The van der Waals surface area contributed by atoms with Crippen LogP contribution in [0, 0.1) is 5.41 Å². The number of carbonyl (C=O) groups is 1. The molecule has 22 heavy (non-hydrogen) atoms. The second-order valence-corrected chi connectivity index (χ2v) is 13.7. The summed E-state index contributed by atoms with van der Waals surface area (Å²) < 4.78 is 12.4. The maximum Gasteiger partial charge on any atom is 0.192 e. The van der Waals surface area contributed by atoms with Crippen LogP contribution in [0.4, 0.5) is 0 Å². The lowest BCUT2D eigenvalue weighted by atomic mass is 9.76. The molecular weight excluding hydrogens is 316 g/mol. The Morgan fingerprint density at radius 3 is 2.45 bits per heavy atom. The van der Waals surface area contributed by atoms with E-state index in [1.54, 1.807) is 0 Å². The number of Topliss-reactive ketones (excluding diaryl/α,β-unsaturated/α-hetero) is 1. The van der Waals surface area contributed by atoms with Gasteiger partial charge >= 0.3 is 0 Å². The molecule has 1 fully saturated rings. The summed E-state index contributed by atoms with van der Waals surface area (Å²) >= 11 is 5.80. The van der Waals surface area contributed by atoms with Gasteiger partial charge < -0.3 is 9.16 Å². The predicted molar refractivity (Wildman–Crippen MR) is 95.2 cm³/mol. The van der Waals surface area contributed by atoms with Gasteiger partial charge in [0.15, 0.2) is 8.32 Å². The number of halogens is 1. The first-order chi connectivity index (χ1) is 9.91. The summed E-state index contributed by atoms with van der Waals surface area (Å²) in [5, 5.41) is 0.170. The molecule has 0 N–H and O–H groups in total. The van der Waals surface area contributed by atoms with Gasteiger partial charge in [0.25, 0.3) is 0 Å². The zero-order chi connectivity index (χ0) is 17.2. The molecule has 0 radical (unpaired) electrons. The molecule has 0 aromatic rings. The maximum atomic E-state index is 12.5. The van der Waals surface area contributed by atoms with Crippen molar-refractivity contribution in [2.75, 3.05) is 12.5 Å². The molecule has 1 saturated heterocycles. The largest absolute Gasteiger partial charge is 0.414 e. The van der Waals surface area contributed by atoms with E-state index < -0.39 is 13.7 Å². The van der Waals surface area contributed by atoms with E-state index in [0.717, 1.165) is 12.8 Å². The molecule has 3 nitrogen and oxygen atoms in total. The fraction of sp³-hybridized carbons (Fsp3) is 0.941. The van der Waals surface area contributed by atoms with Crippen LogP contribution in [0.25, 0.3) is 0 Å². The van der Waals surface area contributed by atoms with Crippen molar-refractivity contribution in [3.63, 3.8) is 0 Å². The number of carbonyl (C=O) groups excluding carboxylic acids is 1. The molecule has 1 aliphatic rings. The minimum atomic E-state index is -1.81. The van der Waals surface area contributed by atoms with Gasteiger partial charge in [-0.2, -0.15) is 0 Å². The third kappa shape index (κ3) is 4.79. The molecule has 0 spiro atoms. The summed E-state index contributed by atoms with van der Waals surface area (Å²) in [6.45, 7) is 15.6. The Morgan fingerprint density at radius 2 is 1.95 bits per heavy atom. The molecule has 1 aliphatic heterocycles. The summed E-state index contributed by atoms with van der Waals surface area (Å²) in [6, 6.07) is 0. The summed E-state index contributed by atoms with van der Waals surface area (Å²) in [5.74, 6) is 0.886. The normalized spacial score (nSPS) is 26.3. The topological polar surface area (TPSA) is 35.5 Å². The number of ether oxygens (including phenoxy) is 1. The van der Waals surface area contributed by atoms with E-state index in [4.69, 9.17) is 20.8 Å². The molecule has 5 heteroatoms. The molecular formula is C17H33ClO3Si. The zero-order valence-electron chi connectivity index (χ0n) is 15.3. The van der Waals surface area contributed by atoms with Crippen LogP contribution in [0.15, 0.2) is 0 Å². The fourth-order valence-corrected chi connectivity index (χ4v) is 3.60. The van der Waals surface area contributed by atoms with E-state index in [9.17, 15) is 4.79 Å². The third-order valence-electron chi connectivity index (χ3n) is 5.33. The smallest absolute Gasteiger partial charge is 0.192 e. The molecule has 0 saturated carbocycles. The Labute approximate surface area is 142 Å². The van der Waals surface area contributed by atoms with Crippen LogP contribution in [0.3, 0.4) is 0 Å². The molecule has 0 aromatic carbocycles. The average molecular weight is 349 g/mol. The van der Waals surface area contributed by atoms with Crippen LogP contribution >= 0.6 is 11.6 Å². The minimum absolute atomic E-state index is 0.0551. The summed E-state index contributed by atoms with van der Waals surface area (Å²) in [6.07, 6.45) is 1.99. The van der Waals surface area contributed by atoms with Gasteiger partial charge in [0, 0.05) is 17.7 Å². The summed E-state index contributed by atoms with van der Waals surface area (Å²) in [5.41, 5.74) is -0.417. The van der Waals surface area contributed by atoms with Crippen molar-refractivity contribution in [3.05, 3.63) is 0 Å². The van der Waals surface area contributed by atoms with E-state index in [0.29, 0.717) is 18.9 Å². The Balaban J connectivity index is 2.68. The van der Waals surface area contributed by atoms with Crippen molar-refractivity contribution >= 4 is 25.7 Å². The van der Waals surface area contributed by atoms with Gasteiger partial charge in [-0.05, 0) is 31.0 Å². The second kappa shape index (κ2) is 7.33. The lowest BCUT2D eigenvalue weighted by Crippen LogP contribution is -2.50. The third-order valence-corrected chi connectivity index (χ3v) is 10.1. The zero-order valence-corrected chi connectivity index (χ0v) is 17.0. The van der Waals surface area contributed by atoms with Gasteiger partial charge in [0.2, 0.25) is 0 Å². The highest BCUT2D eigenvalue weighted by Gasteiger charge is 2.44. The monoisotopic (exact) mass is 348 g/mol. The van der Waals surface area contributed by atoms with Gasteiger partial charge in [0.1, 0.15) is 5.78 Å². The number of rotatable bonds is 6. The van der Waals surface area contributed by atoms with E-state index in [1.807, 2.05) is 13.8 Å². The molecule has 2 atom stereocenters. The average Bonchev–Trinajstić information content (AvgIpc) is 2.37. The fourth-order valence-electron chi connectivity index (χ4n) is 2.41. The Kier molecular flexibility index (Phi) is 6.71. The van der Waals surface area contributed by atoms with Crippen molar-refractivity contribution in [2.24, 2.45) is 5.41 Å². The quantitative estimate of drug-likeness (QED) is 0.511. The van der Waals surface area contributed by atoms with Gasteiger partial charge in [0.05, 0.1) is 18.8 Å².